The number of rotatable bonds is 4. The molecule has 5 nitrogen and oxygen atoms in total. The second-order valence-corrected chi connectivity index (χ2v) is 5.82. The Bertz CT molecular complexity index is 819. The normalized spacial score (nSPS) is 12.7. The van der Waals surface area contributed by atoms with Crippen molar-refractivity contribution < 1.29 is 18.4 Å². The van der Waals surface area contributed by atoms with Crippen LogP contribution in [-0.2, 0) is 16.0 Å². The Labute approximate surface area is 143 Å². The van der Waals surface area contributed by atoms with Crippen LogP contribution in [0, 0.1) is 11.6 Å². The number of fused-ring (bicyclic) bond motifs is 1. The van der Waals surface area contributed by atoms with Gasteiger partial charge in [0.2, 0.25) is 11.8 Å². The molecule has 0 saturated carbocycles. The first-order valence-electron chi connectivity index (χ1n) is 7.83. The Balaban J connectivity index is 1.61. The first kappa shape index (κ1) is 16.9. The maximum absolute atomic E-state index is 13.1. The molecule has 1 heterocycles. The maximum atomic E-state index is 13.1. The van der Waals surface area contributed by atoms with Crippen LogP contribution in [-0.4, -0.2) is 24.9 Å². The molecule has 2 aromatic carbocycles. The molecule has 25 heavy (non-hydrogen) atoms. The van der Waals surface area contributed by atoms with Crippen LogP contribution in [0.2, 0.25) is 0 Å². The van der Waals surface area contributed by atoms with Crippen molar-refractivity contribution in [1.82, 2.24) is 0 Å². The van der Waals surface area contributed by atoms with E-state index in [-0.39, 0.29) is 24.0 Å². The molecule has 0 radical (unpaired) electrons. The van der Waals surface area contributed by atoms with Crippen molar-refractivity contribution >= 4 is 28.9 Å². The van der Waals surface area contributed by atoms with Crippen LogP contribution in [0.15, 0.2) is 36.4 Å². The Morgan fingerprint density at radius 1 is 1.08 bits per heavy atom. The van der Waals surface area contributed by atoms with E-state index >= 15 is 0 Å². The lowest BCUT2D eigenvalue weighted by atomic mass is 10.1. The molecule has 2 N–H and O–H groups in total. The van der Waals surface area contributed by atoms with Crippen molar-refractivity contribution in [2.45, 2.75) is 13.3 Å². The number of amides is 2. The molecular weight excluding hydrogens is 328 g/mol. The molecule has 0 atom stereocenters. The maximum Gasteiger partial charge on any atom is 0.243 e. The third-order valence-electron chi connectivity index (χ3n) is 3.95. The molecule has 1 aliphatic rings. The van der Waals surface area contributed by atoms with Gasteiger partial charge in [0.25, 0.3) is 0 Å². The lowest BCUT2D eigenvalue weighted by Gasteiger charge is -2.15. The van der Waals surface area contributed by atoms with Gasteiger partial charge in [0.05, 0.1) is 6.54 Å². The summed E-state index contributed by atoms with van der Waals surface area (Å²) in [6.07, 6.45) is 0.736. The number of nitrogens with one attached hydrogen (secondary N) is 2. The Morgan fingerprint density at radius 2 is 1.80 bits per heavy atom. The molecule has 7 heteroatoms. The van der Waals surface area contributed by atoms with Gasteiger partial charge in [-0.15, -0.1) is 0 Å². The quantitative estimate of drug-likeness (QED) is 0.896. The molecule has 0 unspecified atom stereocenters. The molecule has 1 aliphatic heterocycles. The number of hydrogen-bond donors (Lipinski definition) is 2. The van der Waals surface area contributed by atoms with Crippen molar-refractivity contribution in [1.29, 1.82) is 0 Å². The zero-order valence-corrected chi connectivity index (χ0v) is 13.6. The summed E-state index contributed by atoms with van der Waals surface area (Å²) in [5.41, 5.74) is 2.66. The summed E-state index contributed by atoms with van der Waals surface area (Å²) in [7, 11) is 0. The van der Waals surface area contributed by atoms with Crippen molar-refractivity contribution in [3.8, 4) is 0 Å². The fourth-order valence-electron chi connectivity index (χ4n) is 2.85. The average Bonchev–Trinajstić information content (AvgIpc) is 2.95. The molecule has 0 saturated heterocycles. The number of hydrogen-bond acceptors (Lipinski definition) is 3. The predicted molar refractivity (Wildman–Crippen MR) is 91.7 cm³/mol. The van der Waals surface area contributed by atoms with Gasteiger partial charge in [-0.25, -0.2) is 8.78 Å². The van der Waals surface area contributed by atoms with Crippen molar-refractivity contribution in [2.24, 2.45) is 0 Å². The van der Waals surface area contributed by atoms with Crippen LogP contribution >= 0.6 is 0 Å². The van der Waals surface area contributed by atoms with Gasteiger partial charge in [0.1, 0.15) is 11.6 Å². The molecule has 0 bridgehead atoms. The Hall–Kier alpha value is -2.96. The number of anilines is 3. The number of carbonyl (C=O) groups excluding carboxylic acids is 2. The van der Waals surface area contributed by atoms with Crippen LogP contribution in [0.5, 0.6) is 0 Å². The van der Waals surface area contributed by atoms with Gasteiger partial charge in [0, 0.05) is 36.6 Å². The van der Waals surface area contributed by atoms with Crippen LogP contribution in [0.4, 0.5) is 25.8 Å². The summed E-state index contributed by atoms with van der Waals surface area (Å²) in [5, 5.41) is 5.40. The average molecular weight is 345 g/mol. The van der Waals surface area contributed by atoms with E-state index in [0.717, 1.165) is 35.9 Å². The minimum Gasteiger partial charge on any atom is -0.376 e. The van der Waals surface area contributed by atoms with Crippen LogP contribution in [0.3, 0.4) is 0 Å². The molecule has 2 amide bonds. The van der Waals surface area contributed by atoms with Gasteiger partial charge >= 0.3 is 0 Å². The number of halogens is 2. The van der Waals surface area contributed by atoms with Crippen molar-refractivity contribution in [3.63, 3.8) is 0 Å². The third kappa shape index (κ3) is 3.93. The highest BCUT2D eigenvalue weighted by Gasteiger charge is 2.22. The highest BCUT2D eigenvalue weighted by Crippen LogP contribution is 2.30. The molecule has 2 aromatic rings. The highest BCUT2D eigenvalue weighted by atomic mass is 19.1. The van der Waals surface area contributed by atoms with Gasteiger partial charge in [0.15, 0.2) is 0 Å². The second-order valence-electron chi connectivity index (χ2n) is 5.82. The summed E-state index contributed by atoms with van der Waals surface area (Å²) >= 11 is 0. The summed E-state index contributed by atoms with van der Waals surface area (Å²) in [4.78, 5) is 25.2. The van der Waals surface area contributed by atoms with Crippen molar-refractivity contribution in [2.75, 3.05) is 28.6 Å². The van der Waals surface area contributed by atoms with Crippen LogP contribution in [0.1, 0.15) is 12.5 Å². The van der Waals surface area contributed by atoms with E-state index in [1.807, 2.05) is 6.07 Å². The van der Waals surface area contributed by atoms with Crippen LogP contribution in [0.25, 0.3) is 0 Å². The summed E-state index contributed by atoms with van der Waals surface area (Å²) in [5.74, 6) is -1.78. The first-order valence-corrected chi connectivity index (χ1v) is 7.83. The molecule has 0 aromatic heterocycles. The van der Waals surface area contributed by atoms with Crippen LogP contribution < -0.4 is 15.5 Å². The first-order chi connectivity index (χ1) is 11.9. The van der Waals surface area contributed by atoms with Gasteiger partial charge < -0.3 is 15.5 Å². The standard InChI is InChI=1S/C18H17F2N3O2/c1-11(24)23-5-4-12-6-15(2-3-17(12)23)22-18(25)10-21-16-8-13(19)7-14(20)9-16/h2-3,6-9,21H,4-5,10H2,1H3,(H,22,25). The van der Waals surface area contributed by atoms with Gasteiger partial charge in [-0.3, -0.25) is 9.59 Å². The number of carbonyl (C=O) groups is 2. The number of benzene rings is 2. The lowest BCUT2D eigenvalue weighted by molar-refractivity contribution is -0.116. The molecule has 130 valence electrons. The van der Waals surface area contributed by atoms with E-state index < -0.39 is 11.6 Å². The predicted octanol–water partition coefficient (Wildman–Crippen LogP) is 2.92. The Kier molecular flexibility index (Phi) is 4.65. The van der Waals surface area contributed by atoms with Gasteiger partial charge in [-0.2, -0.15) is 0 Å². The molecule has 0 aliphatic carbocycles. The third-order valence-corrected chi connectivity index (χ3v) is 3.95. The van der Waals surface area contributed by atoms with E-state index in [2.05, 4.69) is 10.6 Å². The lowest BCUT2D eigenvalue weighted by Crippen LogP contribution is -2.25. The summed E-state index contributed by atoms with van der Waals surface area (Å²) < 4.78 is 26.2. The van der Waals surface area contributed by atoms with E-state index in [4.69, 9.17) is 0 Å². The minimum atomic E-state index is -0.712. The summed E-state index contributed by atoms with van der Waals surface area (Å²) in [6.45, 7) is 2.03. The molecule has 0 fully saturated rings. The minimum absolute atomic E-state index is 0.0120. The topological polar surface area (TPSA) is 61.4 Å². The van der Waals surface area contributed by atoms with Gasteiger partial charge in [-0.05, 0) is 42.3 Å². The van der Waals surface area contributed by atoms with E-state index in [0.29, 0.717) is 12.2 Å². The zero-order chi connectivity index (χ0) is 18.0. The van der Waals surface area contributed by atoms with E-state index in [1.165, 1.54) is 6.92 Å². The molecule has 3 rings (SSSR count). The Morgan fingerprint density at radius 3 is 2.48 bits per heavy atom. The largest absolute Gasteiger partial charge is 0.376 e. The monoisotopic (exact) mass is 345 g/mol. The van der Waals surface area contributed by atoms with Gasteiger partial charge in [-0.1, -0.05) is 0 Å². The van der Waals surface area contributed by atoms with E-state index in [1.54, 1.807) is 17.0 Å². The fourth-order valence-corrected chi connectivity index (χ4v) is 2.85. The fraction of sp³-hybridized carbons (Fsp3) is 0.222. The number of nitrogens with zero attached hydrogens (tertiary/aromatic N) is 1. The highest BCUT2D eigenvalue weighted by molar-refractivity contribution is 5.96. The second kappa shape index (κ2) is 6.88. The summed E-state index contributed by atoms with van der Waals surface area (Å²) in [6, 6.07) is 8.34. The van der Waals surface area contributed by atoms with Crippen molar-refractivity contribution in [3.05, 3.63) is 53.6 Å². The molecule has 0 spiro atoms. The smallest absolute Gasteiger partial charge is 0.243 e. The van der Waals surface area contributed by atoms with E-state index in [9.17, 15) is 18.4 Å². The zero-order valence-electron chi connectivity index (χ0n) is 13.6. The SMILES string of the molecule is CC(=O)N1CCc2cc(NC(=O)CNc3cc(F)cc(F)c3)ccc21. The molecular formula is C18H17F2N3O2.